The molecule has 0 saturated carbocycles. The Bertz CT molecular complexity index is 865. The van der Waals surface area contributed by atoms with E-state index in [0.29, 0.717) is 31.2 Å². The lowest BCUT2D eigenvalue weighted by molar-refractivity contribution is 0.0705. The van der Waals surface area contributed by atoms with Gasteiger partial charge in [-0.3, -0.25) is 4.79 Å². The molecule has 7 nitrogen and oxygen atoms in total. The molecule has 1 aliphatic heterocycles. The van der Waals surface area contributed by atoms with Crippen LogP contribution in [0.25, 0.3) is 0 Å². The van der Waals surface area contributed by atoms with Gasteiger partial charge in [-0.25, -0.2) is 15.0 Å². The first kappa shape index (κ1) is 15.3. The molecule has 0 bridgehead atoms. The third kappa shape index (κ3) is 3.35. The number of ether oxygens (including phenoxy) is 1. The monoisotopic (exact) mass is 336 g/mol. The molecule has 25 heavy (non-hydrogen) atoms. The summed E-state index contributed by atoms with van der Waals surface area (Å²) in [5.74, 6) is 1.96. The fraction of sp³-hybridized carbons (Fsp3) is 0.222. The van der Waals surface area contributed by atoms with Crippen molar-refractivity contribution in [3.05, 3.63) is 72.0 Å². The summed E-state index contributed by atoms with van der Waals surface area (Å²) < 4.78 is 11.4. The van der Waals surface area contributed by atoms with Gasteiger partial charge in [-0.05, 0) is 18.2 Å². The summed E-state index contributed by atoms with van der Waals surface area (Å²) in [6.45, 7) is 1.19. The van der Waals surface area contributed by atoms with Crippen molar-refractivity contribution in [3.8, 4) is 5.75 Å². The molecule has 0 aliphatic carbocycles. The summed E-state index contributed by atoms with van der Waals surface area (Å²) >= 11 is 0. The molecule has 7 heteroatoms. The van der Waals surface area contributed by atoms with Crippen molar-refractivity contribution in [2.45, 2.75) is 19.6 Å². The smallest absolute Gasteiger partial charge is 0.292 e. The number of fused-ring (bicyclic) bond motifs is 1. The normalized spacial score (nSPS) is 13.4. The number of carbonyl (C=O) groups excluding carboxylic acids is 1. The van der Waals surface area contributed by atoms with Crippen molar-refractivity contribution in [3.63, 3.8) is 0 Å². The van der Waals surface area contributed by atoms with Gasteiger partial charge in [0.15, 0.2) is 6.61 Å². The highest BCUT2D eigenvalue weighted by molar-refractivity contribution is 5.90. The van der Waals surface area contributed by atoms with Crippen molar-refractivity contribution in [2.24, 2.45) is 0 Å². The van der Waals surface area contributed by atoms with Gasteiger partial charge in [-0.2, -0.15) is 0 Å². The van der Waals surface area contributed by atoms with E-state index in [1.165, 1.54) is 0 Å². The van der Waals surface area contributed by atoms with Crippen molar-refractivity contribution in [1.82, 2.24) is 19.9 Å². The first-order valence-electron chi connectivity index (χ1n) is 8.01. The third-order valence-corrected chi connectivity index (χ3v) is 3.93. The van der Waals surface area contributed by atoms with E-state index < -0.39 is 0 Å². The standard InChI is InChI=1S/C18H16N4O3/c23-18(17-19-8-4-9-20-17)22-10-7-14-15(11-22)25-16(21-14)12-24-13-5-2-1-3-6-13/h1-6,8-9H,7,10-12H2. The number of para-hydroxylation sites is 1. The number of aromatic nitrogens is 3. The first-order chi connectivity index (χ1) is 12.3. The minimum Gasteiger partial charge on any atom is -0.484 e. The van der Waals surface area contributed by atoms with E-state index >= 15 is 0 Å². The Morgan fingerprint density at radius 2 is 1.96 bits per heavy atom. The molecule has 3 heterocycles. The minimum absolute atomic E-state index is 0.193. The van der Waals surface area contributed by atoms with Crippen molar-refractivity contribution in [2.75, 3.05) is 6.54 Å². The molecule has 0 unspecified atom stereocenters. The van der Waals surface area contributed by atoms with Gasteiger partial charge < -0.3 is 14.1 Å². The fourth-order valence-corrected chi connectivity index (χ4v) is 2.70. The zero-order chi connectivity index (χ0) is 17.1. The average molecular weight is 336 g/mol. The molecule has 0 N–H and O–H groups in total. The molecule has 4 rings (SSSR count). The van der Waals surface area contributed by atoms with Gasteiger partial charge in [-0.1, -0.05) is 18.2 Å². The highest BCUT2D eigenvalue weighted by Crippen LogP contribution is 2.22. The van der Waals surface area contributed by atoms with Crippen LogP contribution in [0.5, 0.6) is 5.75 Å². The van der Waals surface area contributed by atoms with Crippen LogP contribution in [0.4, 0.5) is 0 Å². The molecule has 0 spiro atoms. The SMILES string of the molecule is O=C(c1ncccn1)N1CCc2nc(COc3ccccc3)oc2C1. The first-order valence-corrected chi connectivity index (χ1v) is 8.01. The van der Waals surface area contributed by atoms with E-state index in [-0.39, 0.29) is 18.3 Å². The van der Waals surface area contributed by atoms with E-state index in [4.69, 9.17) is 9.15 Å². The Balaban J connectivity index is 1.43. The Morgan fingerprint density at radius 3 is 2.76 bits per heavy atom. The van der Waals surface area contributed by atoms with Crippen LogP contribution in [0.2, 0.25) is 0 Å². The number of carbonyl (C=O) groups is 1. The molecule has 1 aromatic carbocycles. The van der Waals surface area contributed by atoms with Crippen LogP contribution >= 0.6 is 0 Å². The molecular formula is C18H16N4O3. The number of rotatable bonds is 4. The Hall–Kier alpha value is -3.22. The van der Waals surface area contributed by atoms with Gasteiger partial charge in [0.05, 0.1) is 12.2 Å². The van der Waals surface area contributed by atoms with Gasteiger partial charge in [0.1, 0.15) is 11.5 Å². The van der Waals surface area contributed by atoms with Crippen molar-refractivity contribution < 1.29 is 13.9 Å². The summed E-state index contributed by atoms with van der Waals surface area (Å²) in [5.41, 5.74) is 0.879. The lowest BCUT2D eigenvalue weighted by Crippen LogP contribution is -2.36. The fourth-order valence-electron chi connectivity index (χ4n) is 2.70. The van der Waals surface area contributed by atoms with Gasteiger partial charge in [0, 0.05) is 25.4 Å². The Morgan fingerprint density at radius 1 is 1.16 bits per heavy atom. The molecule has 0 saturated heterocycles. The maximum absolute atomic E-state index is 12.4. The van der Waals surface area contributed by atoms with Crippen LogP contribution in [0, 0.1) is 0 Å². The Kier molecular flexibility index (Phi) is 4.12. The van der Waals surface area contributed by atoms with Crippen LogP contribution in [-0.2, 0) is 19.6 Å². The lowest BCUT2D eigenvalue weighted by atomic mass is 10.1. The third-order valence-electron chi connectivity index (χ3n) is 3.93. The summed E-state index contributed by atoms with van der Waals surface area (Å²) in [6, 6.07) is 11.2. The second-order valence-corrected chi connectivity index (χ2v) is 5.63. The van der Waals surface area contributed by atoms with Crippen LogP contribution in [0.1, 0.15) is 28.0 Å². The number of hydrogen-bond acceptors (Lipinski definition) is 6. The minimum atomic E-state index is -0.204. The van der Waals surface area contributed by atoms with Gasteiger partial charge >= 0.3 is 0 Å². The van der Waals surface area contributed by atoms with Crippen LogP contribution in [0.3, 0.4) is 0 Å². The van der Waals surface area contributed by atoms with E-state index in [1.54, 1.807) is 23.4 Å². The second kappa shape index (κ2) is 6.72. The van der Waals surface area contributed by atoms with Crippen molar-refractivity contribution in [1.29, 1.82) is 0 Å². The maximum Gasteiger partial charge on any atom is 0.292 e. The quantitative estimate of drug-likeness (QED) is 0.727. The maximum atomic E-state index is 12.4. The molecule has 0 radical (unpaired) electrons. The molecular weight excluding hydrogens is 320 g/mol. The zero-order valence-corrected chi connectivity index (χ0v) is 13.5. The summed E-state index contributed by atoms with van der Waals surface area (Å²) in [5, 5.41) is 0. The average Bonchev–Trinajstić information content (AvgIpc) is 3.09. The van der Waals surface area contributed by atoms with Crippen molar-refractivity contribution >= 4 is 5.91 Å². The van der Waals surface area contributed by atoms with E-state index in [2.05, 4.69) is 15.0 Å². The predicted octanol–water partition coefficient (Wildman–Crippen LogP) is 2.24. The topological polar surface area (TPSA) is 81.4 Å². The molecule has 0 atom stereocenters. The zero-order valence-electron chi connectivity index (χ0n) is 13.5. The van der Waals surface area contributed by atoms with Gasteiger partial charge in [0.2, 0.25) is 11.7 Å². The van der Waals surface area contributed by atoms with Gasteiger partial charge in [0.25, 0.3) is 5.91 Å². The summed E-state index contributed by atoms with van der Waals surface area (Å²) in [6.07, 6.45) is 3.76. The molecule has 126 valence electrons. The molecule has 3 aromatic rings. The molecule has 2 aromatic heterocycles. The van der Waals surface area contributed by atoms with Crippen LogP contribution < -0.4 is 4.74 Å². The van der Waals surface area contributed by atoms with E-state index in [0.717, 1.165) is 11.4 Å². The summed E-state index contributed by atoms with van der Waals surface area (Å²) in [4.78, 5) is 26.6. The second-order valence-electron chi connectivity index (χ2n) is 5.63. The number of amides is 1. The predicted molar refractivity (Wildman–Crippen MR) is 87.8 cm³/mol. The van der Waals surface area contributed by atoms with E-state index in [1.807, 2.05) is 30.3 Å². The number of nitrogens with zero attached hydrogens (tertiary/aromatic N) is 4. The molecule has 1 aliphatic rings. The Labute approximate surface area is 144 Å². The van der Waals surface area contributed by atoms with E-state index in [9.17, 15) is 4.79 Å². The number of hydrogen-bond donors (Lipinski definition) is 0. The highest BCUT2D eigenvalue weighted by atomic mass is 16.5. The number of oxazole rings is 1. The van der Waals surface area contributed by atoms with Gasteiger partial charge in [-0.15, -0.1) is 0 Å². The summed E-state index contributed by atoms with van der Waals surface area (Å²) in [7, 11) is 0. The largest absolute Gasteiger partial charge is 0.484 e. The molecule has 1 amide bonds. The number of benzene rings is 1. The highest BCUT2D eigenvalue weighted by Gasteiger charge is 2.27. The molecule has 0 fully saturated rings. The lowest BCUT2D eigenvalue weighted by Gasteiger charge is -2.24. The van der Waals surface area contributed by atoms with Crippen LogP contribution in [-0.4, -0.2) is 32.3 Å². The van der Waals surface area contributed by atoms with Crippen LogP contribution in [0.15, 0.2) is 53.2 Å².